The van der Waals surface area contributed by atoms with E-state index >= 15 is 0 Å². The number of hydrogen-bond donors (Lipinski definition) is 5. The van der Waals surface area contributed by atoms with E-state index in [0.29, 0.717) is 17.5 Å². The van der Waals surface area contributed by atoms with Gasteiger partial charge in [-0.25, -0.2) is 0 Å². The van der Waals surface area contributed by atoms with Crippen molar-refractivity contribution in [2.24, 2.45) is 20.7 Å². The second-order valence-electron chi connectivity index (χ2n) is 5.66. The van der Waals surface area contributed by atoms with Gasteiger partial charge in [0.25, 0.3) is 0 Å². The number of aliphatic imine (C=N–C) groups is 3. The predicted octanol–water partition coefficient (Wildman–Crippen LogP) is -3.20. The molecule has 0 bridgehead atoms. The van der Waals surface area contributed by atoms with Crippen molar-refractivity contribution in [1.29, 1.82) is 0 Å². The van der Waals surface area contributed by atoms with Crippen LogP contribution in [0, 0.1) is 0 Å². The highest BCUT2D eigenvalue weighted by Gasteiger charge is 2.50. The molecule has 10 nitrogen and oxygen atoms in total. The van der Waals surface area contributed by atoms with Gasteiger partial charge in [0, 0.05) is 7.05 Å². The SMILES string of the molecule is CN=C1N=C2C(=NCN2[C@@H]2O[C@H](CO)[C@@H](O)[C@H]2O)C(C)(N)N1. The van der Waals surface area contributed by atoms with Crippen LogP contribution in [-0.2, 0) is 4.74 Å². The average Bonchev–Trinajstić information content (AvgIpc) is 3.02. The number of nitrogens with zero attached hydrogens (tertiary/aromatic N) is 4. The summed E-state index contributed by atoms with van der Waals surface area (Å²) in [7, 11) is 1.58. The van der Waals surface area contributed by atoms with Crippen LogP contribution < -0.4 is 11.1 Å². The highest BCUT2D eigenvalue weighted by atomic mass is 16.6. The molecule has 1 unspecified atom stereocenters. The number of hydrogen-bond acceptors (Lipinski definition) is 8. The Hall–Kier alpha value is -1.59. The third kappa shape index (κ3) is 2.20. The molecule has 22 heavy (non-hydrogen) atoms. The van der Waals surface area contributed by atoms with Crippen LogP contribution in [0.5, 0.6) is 0 Å². The number of guanidine groups is 1. The van der Waals surface area contributed by atoms with E-state index in [-0.39, 0.29) is 13.3 Å². The molecule has 3 aliphatic rings. The first-order valence-electron chi connectivity index (χ1n) is 6.96. The van der Waals surface area contributed by atoms with Gasteiger partial charge in [-0.1, -0.05) is 0 Å². The molecule has 3 aliphatic heterocycles. The standard InChI is InChI=1S/C12H20N6O4/c1-12(13)8-9(16-11(14-2)17-12)18(4-15-8)10-7(21)6(20)5(3-19)22-10/h5-7,10,19-21H,3-4,13H2,1-2H3,(H,14,17)/t5-,6-,7-,10-,12?/m1/s1. The average molecular weight is 312 g/mol. The zero-order valence-corrected chi connectivity index (χ0v) is 12.3. The maximum absolute atomic E-state index is 10.2. The van der Waals surface area contributed by atoms with E-state index in [1.54, 1.807) is 18.9 Å². The van der Waals surface area contributed by atoms with E-state index in [9.17, 15) is 15.3 Å². The first-order chi connectivity index (χ1) is 10.4. The van der Waals surface area contributed by atoms with Gasteiger partial charge >= 0.3 is 0 Å². The highest BCUT2D eigenvalue weighted by Crippen LogP contribution is 2.28. The summed E-state index contributed by atoms with van der Waals surface area (Å²) < 4.78 is 5.53. The Morgan fingerprint density at radius 3 is 2.82 bits per heavy atom. The molecule has 0 amide bonds. The van der Waals surface area contributed by atoms with Crippen LogP contribution in [0.1, 0.15) is 6.92 Å². The van der Waals surface area contributed by atoms with Gasteiger partial charge in [0.05, 0.1) is 6.61 Å². The molecule has 0 aromatic rings. The number of nitrogens with one attached hydrogen (secondary N) is 1. The maximum atomic E-state index is 10.2. The highest BCUT2D eigenvalue weighted by molar-refractivity contribution is 6.48. The minimum atomic E-state index is -1.18. The fourth-order valence-corrected chi connectivity index (χ4v) is 2.80. The van der Waals surface area contributed by atoms with Crippen LogP contribution in [0.4, 0.5) is 0 Å². The molecule has 0 aromatic carbocycles. The second-order valence-corrected chi connectivity index (χ2v) is 5.66. The van der Waals surface area contributed by atoms with Crippen LogP contribution >= 0.6 is 0 Å². The summed E-state index contributed by atoms with van der Waals surface area (Å²) in [5, 5.41) is 32.2. The van der Waals surface area contributed by atoms with Crippen molar-refractivity contribution in [1.82, 2.24) is 10.2 Å². The molecule has 1 fully saturated rings. The quantitative estimate of drug-likeness (QED) is 0.360. The molecule has 3 heterocycles. The molecule has 122 valence electrons. The Balaban J connectivity index is 1.91. The van der Waals surface area contributed by atoms with E-state index in [1.165, 1.54) is 0 Å². The molecule has 1 saturated heterocycles. The Morgan fingerprint density at radius 1 is 1.50 bits per heavy atom. The summed E-state index contributed by atoms with van der Waals surface area (Å²) in [6.45, 7) is 1.54. The van der Waals surface area contributed by atoms with E-state index in [2.05, 4.69) is 20.3 Å². The molecule has 3 rings (SSSR count). The lowest BCUT2D eigenvalue weighted by Gasteiger charge is -2.34. The van der Waals surface area contributed by atoms with E-state index in [1.807, 2.05) is 0 Å². The summed E-state index contributed by atoms with van der Waals surface area (Å²) >= 11 is 0. The van der Waals surface area contributed by atoms with Crippen molar-refractivity contribution in [3.05, 3.63) is 0 Å². The number of nitrogens with two attached hydrogens (primary N) is 1. The first-order valence-corrected chi connectivity index (χ1v) is 6.96. The molecule has 0 saturated carbocycles. The summed E-state index contributed by atoms with van der Waals surface area (Å²) in [5.41, 5.74) is 5.76. The Kier molecular flexibility index (Phi) is 3.65. The zero-order chi connectivity index (χ0) is 16.1. The summed E-state index contributed by atoms with van der Waals surface area (Å²) in [4.78, 5) is 14.3. The third-order valence-corrected chi connectivity index (χ3v) is 3.98. The van der Waals surface area contributed by atoms with Crippen LogP contribution in [0.15, 0.2) is 15.0 Å². The van der Waals surface area contributed by atoms with Crippen molar-refractivity contribution < 1.29 is 20.1 Å². The third-order valence-electron chi connectivity index (χ3n) is 3.98. The lowest BCUT2D eigenvalue weighted by atomic mass is 10.0. The summed E-state index contributed by atoms with van der Waals surface area (Å²) in [6, 6.07) is 0. The minimum absolute atomic E-state index is 0.187. The number of rotatable bonds is 2. The van der Waals surface area contributed by atoms with Gasteiger partial charge in [0.2, 0.25) is 5.96 Å². The Bertz CT molecular complexity index is 560. The Morgan fingerprint density at radius 2 is 2.23 bits per heavy atom. The lowest BCUT2D eigenvalue weighted by Crippen LogP contribution is -2.65. The molecule has 10 heteroatoms. The van der Waals surface area contributed by atoms with Gasteiger partial charge in [-0.3, -0.25) is 9.98 Å². The zero-order valence-electron chi connectivity index (χ0n) is 12.3. The van der Waals surface area contributed by atoms with Crippen LogP contribution in [0.25, 0.3) is 0 Å². The van der Waals surface area contributed by atoms with Crippen molar-refractivity contribution in [2.45, 2.75) is 37.1 Å². The minimum Gasteiger partial charge on any atom is -0.394 e. The number of amidine groups is 1. The van der Waals surface area contributed by atoms with Crippen molar-refractivity contribution in [3.8, 4) is 0 Å². The van der Waals surface area contributed by atoms with Gasteiger partial charge in [-0.15, -0.1) is 0 Å². The van der Waals surface area contributed by atoms with Gasteiger partial charge in [0.15, 0.2) is 12.1 Å². The van der Waals surface area contributed by atoms with Gasteiger partial charge in [0.1, 0.15) is 36.4 Å². The molecule has 0 aromatic heterocycles. The number of fused-ring (bicyclic) bond motifs is 1. The molecule has 5 atom stereocenters. The maximum Gasteiger partial charge on any atom is 0.221 e. The molecule has 6 N–H and O–H groups in total. The van der Waals surface area contributed by atoms with Crippen molar-refractivity contribution in [3.63, 3.8) is 0 Å². The number of aliphatic hydroxyl groups is 3. The van der Waals surface area contributed by atoms with Crippen LogP contribution in [0.3, 0.4) is 0 Å². The van der Waals surface area contributed by atoms with Gasteiger partial charge < -0.3 is 36.0 Å². The largest absolute Gasteiger partial charge is 0.394 e. The predicted molar refractivity (Wildman–Crippen MR) is 78.4 cm³/mol. The van der Waals surface area contributed by atoms with Gasteiger partial charge in [-0.05, 0) is 6.92 Å². The number of aliphatic hydroxyl groups excluding tert-OH is 3. The lowest BCUT2D eigenvalue weighted by molar-refractivity contribution is -0.0688. The van der Waals surface area contributed by atoms with E-state index in [4.69, 9.17) is 10.5 Å². The molecule has 0 spiro atoms. The fraction of sp³-hybridized carbons (Fsp3) is 0.750. The topological polar surface area (TPSA) is 148 Å². The molecular weight excluding hydrogens is 292 g/mol. The summed E-state index contributed by atoms with van der Waals surface area (Å²) in [5.74, 6) is 0.789. The molecule has 0 aliphatic carbocycles. The van der Waals surface area contributed by atoms with Crippen LogP contribution in [0.2, 0.25) is 0 Å². The van der Waals surface area contributed by atoms with Crippen LogP contribution in [-0.4, -0.2) is 88.3 Å². The fourth-order valence-electron chi connectivity index (χ4n) is 2.80. The van der Waals surface area contributed by atoms with Crippen molar-refractivity contribution in [2.75, 3.05) is 20.3 Å². The monoisotopic (exact) mass is 312 g/mol. The van der Waals surface area contributed by atoms with Gasteiger partial charge in [-0.2, -0.15) is 4.99 Å². The molecule has 0 radical (unpaired) electrons. The smallest absolute Gasteiger partial charge is 0.221 e. The molecular formula is C12H20N6O4. The van der Waals surface area contributed by atoms with E-state index < -0.39 is 30.2 Å². The summed E-state index contributed by atoms with van der Waals surface area (Å²) in [6.07, 6.45) is -4.07. The van der Waals surface area contributed by atoms with E-state index in [0.717, 1.165) is 0 Å². The number of ether oxygens (including phenoxy) is 1. The Labute approximate surface area is 127 Å². The first kappa shape index (κ1) is 15.3. The normalized spacial score (nSPS) is 43.0. The second kappa shape index (κ2) is 5.25. The van der Waals surface area contributed by atoms with Crippen molar-refractivity contribution >= 4 is 17.5 Å².